The summed E-state index contributed by atoms with van der Waals surface area (Å²) in [6, 6.07) is 17.4. The maximum Gasteiger partial charge on any atom is 0.322 e. The fourth-order valence-corrected chi connectivity index (χ4v) is 3.86. The Morgan fingerprint density at radius 2 is 1.74 bits per heavy atom. The number of carbonyl (C=O) groups excluding carboxylic acids is 3. The van der Waals surface area contributed by atoms with Crippen molar-refractivity contribution < 1.29 is 23.5 Å². The van der Waals surface area contributed by atoms with Crippen LogP contribution < -0.4 is 15.4 Å². The van der Waals surface area contributed by atoms with Gasteiger partial charge in [-0.05, 0) is 46.5 Å². The van der Waals surface area contributed by atoms with Gasteiger partial charge in [-0.2, -0.15) is 5.26 Å². The van der Waals surface area contributed by atoms with Crippen molar-refractivity contribution in [1.82, 2.24) is 15.5 Å². The number of fused-ring (bicyclic) bond motifs is 1. The molecule has 2 N–H and O–H groups in total. The van der Waals surface area contributed by atoms with E-state index in [4.69, 9.17) is 10.00 Å². The first-order valence-corrected chi connectivity index (χ1v) is 10.6. The molecule has 3 aromatic rings. The molecule has 0 aliphatic carbocycles. The predicted octanol–water partition coefficient (Wildman–Crippen LogP) is 3.53. The van der Waals surface area contributed by atoms with Crippen LogP contribution in [0.15, 0.2) is 60.7 Å². The number of nitriles is 1. The molecule has 1 saturated heterocycles. The smallest absolute Gasteiger partial charge is 0.322 e. The topological polar surface area (TPSA) is 112 Å². The van der Waals surface area contributed by atoms with Crippen molar-refractivity contribution in [3.05, 3.63) is 88.7 Å². The SMILES string of the molecule is COc1ccc2c(c1)C(=O)N(C)C2.N#Cc1cc(-c2ccc(C3NC(=O)NC3=O)cc2)ccc1F. The first-order valence-electron chi connectivity index (χ1n) is 10.6. The highest BCUT2D eigenvalue weighted by atomic mass is 19.1. The van der Waals surface area contributed by atoms with Gasteiger partial charge in [0.2, 0.25) is 0 Å². The number of amides is 4. The molecule has 9 heteroatoms. The molecule has 2 aliphatic rings. The Bertz CT molecular complexity index is 1360. The third-order valence-electron chi connectivity index (χ3n) is 5.74. The number of carbonyl (C=O) groups is 3. The van der Waals surface area contributed by atoms with Crippen LogP contribution in [0, 0.1) is 17.1 Å². The molecule has 4 amide bonds. The fourth-order valence-electron chi connectivity index (χ4n) is 3.86. The molecule has 0 saturated carbocycles. The lowest BCUT2D eigenvalue weighted by molar-refractivity contribution is -0.120. The minimum atomic E-state index is -0.704. The molecule has 0 spiro atoms. The van der Waals surface area contributed by atoms with Crippen LogP contribution in [0.1, 0.15) is 33.1 Å². The Labute approximate surface area is 200 Å². The lowest BCUT2D eigenvalue weighted by Crippen LogP contribution is -2.22. The zero-order chi connectivity index (χ0) is 25.1. The number of benzene rings is 3. The van der Waals surface area contributed by atoms with Crippen LogP contribution in [-0.2, 0) is 11.3 Å². The normalized spacial score (nSPS) is 16.0. The Hall–Kier alpha value is -4.71. The van der Waals surface area contributed by atoms with E-state index < -0.39 is 23.8 Å². The van der Waals surface area contributed by atoms with Crippen LogP contribution in [-0.4, -0.2) is 36.9 Å². The van der Waals surface area contributed by atoms with E-state index in [1.165, 1.54) is 12.1 Å². The standard InChI is InChI=1S/C16H10FN3O2.C10H11NO2/c17-13-6-5-11(7-12(13)8-18)9-1-3-10(4-2-9)14-15(21)20-16(22)19-14;1-11-6-7-3-4-8(13-2)5-9(7)10(11)12/h1-7,14H,(H2,19,20,21,22);3-5H,6H2,1-2H3. The van der Waals surface area contributed by atoms with Gasteiger partial charge in [-0.3, -0.25) is 14.9 Å². The molecular formula is C26H21FN4O4. The summed E-state index contributed by atoms with van der Waals surface area (Å²) in [5.74, 6) is -0.143. The number of urea groups is 1. The van der Waals surface area contributed by atoms with Crippen LogP contribution in [0.2, 0.25) is 0 Å². The van der Waals surface area contributed by atoms with Crippen molar-refractivity contribution in [1.29, 1.82) is 5.26 Å². The highest BCUT2D eigenvalue weighted by Crippen LogP contribution is 2.26. The maximum atomic E-state index is 13.3. The zero-order valence-electron chi connectivity index (χ0n) is 19.0. The van der Waals surface area contributed by atoms with E-state index in [-0.39, 0.29) is 11.5 Å². The van der Waals surface area contributed by atoms with Gasteiger partial charge in [0.25, 0.3) is 11.8 Å². The number of rotatable bonds is 3. The summed E-state index contributed by atoms with van der Waals surface area (Å²) in [7, 11) is 3.40. The number of halogens is 1. The number of methoxy groups -OCH3 is 1. The largest absolute Gasteiger partial charge is 0.497 e. The van der Waals surface area contributed by atoms with E-state index >= 15 is 0 Å². The molecule has 176 valence electrons. The van der Waals surface area contributed by atoms with Gasteiger partial charge < -0.3 is 15.0 Å². The average molecular weight is 472 g/mol. The highest BCUT2D eigenvalue weighted by Gasteiger charge is 2.30. The van der Waals surface area contributed by atoms with E-state index in [1.54, 1.807) is 61.5 Å². The van der Waals surface area contributed by atoms with Crippen LogP contribution in [0.5, 0.6) is 5.75 Å². The van der Waals surface area contributed by atoms with E-state index in [0.29, 0.717) is 17.7 Å². The Balaban J connectivity index is 0.000000189. The Morgan fingerprint density at radius 1 is 1.03 bits per heavy atom. The molecule has 1 unspecified atom stereocenters. The molecule has 5 rings (SSSR count). The predicted molar refractivity (Wildman–Crippen MR) is 125 cm³/mol. The number of nitrogens with one attached hydrogen (secondary N) is 2. The van der Waals surface area contributed by atoms with Crippen molar-refractivity contribution in [3.63, 3.8) is 0 Å². The van der Waals surface area contributed by atoms with Crippen molar-refractivity contribution in [3.8, 4) is 22.9 Å². The molecule has 0 radical (unpaired) electrons. The highest BCUT2D eigenvalue weighted by molar-refractivity contribution is 6.04. The second-order valence-electron chi connectivity index (χ2n) is 8.01. The number of imide groups is 1. The van der Waals surface area contributed by atoms with Gasteiger partial charge >= 0.3 is 6.03 Å². The molecule has 2 aliphatic heterocycles. The summed E-state index contributed by atoms with van der Waals surface area (Å²) < 4.78 is 18.4. The van der Waals surface area contributed by atoms with Crippen molar-refractivity contribution >= 4 is 17.8 Å². The summed E-state index contributed by atoms with van der Waals surface area (Å²) in [6.45, 7) is 0.707. The molecule has 8 nitrogen and oxygen atoms in total. The van der Waals surface area contributed by atoms with Crippen LogP contribution in [0.3, 0.4) is 0 Å². The lowest BCUT2D eigenvalue weighted by atomic mass is 9.99. The second kappa shape index (κ2) is 9.65. The van der Waals surface area contributed by atoms with Crippen molar-refractivity contribution in [2.24, 2.45) is 0 Å². The molecule has 3 aromatic carbocycles. The molecular weight excluding hydrogens is 451 g/mol. The first-order chi connectivity index (χ1) is 16.8. The minimum absolute atomic E-state index is 0.0241. The van der Waals surface area contributed by atoms with Gasteiger partial charge in [-0.15, -0.1) is 0 Å². The molecule has 0 bridgehead atoms. The van der Waals surface area contributed by atoms with E-state index in [0.717, 1.165) is 22.4 Å². The van der Waals surface area contributed by atoms with Crippen LogP contribution >= 0.6 is 0 Å². The Kier molecular flexibility index (Phi) is 6.46. The number of nitrogens with zero attached hydrogens (tertiary/aromatic N) is 2. The Morgan fingerprint density at radius 3 is 2.37 bits per heavy atom. The van der Waals surface area contributed by atoms with E-state index in [2.05, 4.69) is 10.6 Å². The van der Waals surface area contributed by atoms with Gasteiger partial charge in [0.1, 0.15) is 23.7 Å². The molecule has 0 aromatic heterocycles. The summed E-state index contributed by atoms with van der Waals surface area (Å²) in [5, 5.41) is 13.5. The molecule has 1 atom stereocenters. The van der Waals surface area contributed by atoms with E-state index in [1.807, 2.05) is 12.1 Å². The van der Waals surface area contributed by atoms with Gasteiger partial charge in [-0.25, -0.2) is 9.18 Å². The summed E-state index contributed by atoms with van der Waals surface area (Å²) in [5.41, 5.74) is 3.95. The van der Waals surface area contributed by atoms with Gasteiger partial charge in [0.05, 0.1) is 12.7 Å². The molecule has 35 heavy (non-hydrogen) atoms. The zero-order valence-corrected chi connectivity index (χ0v) is 19.0. The minimum Gasteiger partial charge on any atom is -0.497 e. The van der Waals surface area contributed by atoms with Gasteiger partial charge in [-0.1, -0.05) is 36.4 Å². The van der Waals surface area contributed by atoms with Gasteiger partial charge in [0.15, 0.2) is 0 Å². The van der Waals surface area contributed by atoms with Crippen LogP contribution in [0.25, 0.3) is 11.1 Å². The van der Waals surface area contributed by atoms with Gasteiger partial charge in [0, 0.05) is 19.2 Å². The van der Waals surface area contributed by atoms with Crippen molar-refractivity contribution in [2.45, 2.75) is 12.6 Å². The summed E-state index contributed by atoms with van der Waals surface area (Å²) >= 11 is 0. The van der Waals surface area contributed by atoms with E-state index in [9.17, 15) is 18.8 Å². The average Bonchev–Trinajstić information content (AvgIpc) is 3.36. The second-order valence-corrected chi connectivity index (χ2v) is 8.01. The summed E-state index contributed by atoms with van der Waals surface area (Å²) in [6.07, 6.45) is 0. The fraction of sp³-hybridized carbons (Fsp3) is 0.154. The van der Waals surface area contributed by atoms with Crippen molar-refractivity contribution in [2.75, 3.05) is 14.2 Å². The summed E-state index contributed by atoms with van der Waals surface area (Å²) in [4.78, 5) is 35.9. The molecule has 2 heterocycles. The molecule has 1 fully saturated rings. The van der Waals surface area contributed by atoms with Crippen LogP contribution in [0.4, 0.5) is 9.18 Å². The third-order valence-corrected chi connectivity index (χ3v) is 5.74. The number of hydrogen-bond donors (Lipinski definition) is 2. The monoisotopic (exact) mass is 472 g/mol. The number of hydrogen-bond acceptors (Lipinski definition) is 5. The lowest BCUT2D eigenvalue weighted by Gasteiger charge is -2.09. The maximum absolute atomic E-state index is 13.3. The number of ether oxygens (including phenoxy) is 1. The first kappa shape index (κ1) is 23.4. The third kappa shape index (κ3) is 4.82. The quantitative estimate of drug-likeness (QED) is 0.567.